The number of nitrogens with zero attached hydrogens (tertiary/aromatic N) is 3. The Labute approximate surface area is 115 Å². The summed E-state index contributed by atoms with van der Waals surface area (Å²) in [4.78, 5) is 6.59. The lowest BCUT2D eigenvalue weighted by Crippen LogP contribution is -2.36. The van der Waals surface area contributed by atoms with E-state index in [0.717, 1.165) is 44.2 Å². The molecule has 1 saturated heterocycles. The molecule has 0 saturated carbocycles. The van der Waals surface area contributed by atoms with Gasteiger partial charge in [0.25, 0.3) is 0 Å². The summed E-state index contributed by atoms with van der Waals surface area (Å²) < 4.78 is 0. The van der Waals surface area contributed by atoms with Gasteiger partial charge in [-0.05, 0) is 50.4 Å². The lowest BCUT2D eigenvalue weighted by molar-refractivity contribution is 0.373. The minimum Gasteiger partial charge on any atom is -0.370 e. The third-order valence-corrected chi connectivity index (χ3v) is 3.66. The first-order chi connectivity index (χ1) is 9.33. The number of nitrogens with one attached hydrogen (secondary N) is 1. The third kappa shape index (κ3) is 3.93. The van der Waals surface area contributed by atoms with E-state index in [9.17, 15) is 0 Å². The summed E-state index contributed by atoms with van der Waals surface area (Å²) in [7, 11) is 0. The Morgan fingerprint density at radius 3 is 2.79 bits per heavy atom. The van der Waals surface area contributed by atoms with Crippen molar-refractivity contribution in [2.45, 2.75) is 26.2 Å². The van der Waals surface area contributed by atoms with E-state index in [0.29, 0.717) is 5.69 Å². The molecule has 1 aromatic heterocycles. The first kappa shape index (κ1) is 13.8. The van der Waals surface area contributed by atoms with Gasteiger partial charge in [0.05, 0.1) is 11.9 Å². The van der Waals surface area contributed by atoms with Crippen molar-refractivity contribution in [3.63, 3.8) is 0 Å². The number of rotatable bonds is 5. The predicted octanol–water partition coefficient (Wildman–Crippen LogP) is 2.17. The normalized spacial score (nSPS) is 16.0. The largest absolute Gasteiger partial charge is 0.370 e. The molecule has 0 aliphatic carbocycles. The zero-order valence-corrected chi connectivity index (χ0v) is 11.6. The minimum absolute atomic E-state index is 0.488. The molecular weight excluding hydrogens is 236 g/mol. The maximum absolute atomic E-state index is 8.80. The molecule has 0 bridgehead atoms. The quantitative estimate of drug-likeness (QED) is 0.879. The molecule has 1 aromatic rings. The predicted molar refractivity (Wildman–Crippen MR) is 77.0 cm³/mol. The number of hydrogen-bond donors (Lipinski definition) is 1. The average Bonchev–Trinajstić information content (AvgIpc) is 2.48. The number of pyridine rings is 1. The smallest absolute Gasteiger partial charge is 0.140 e. The Balaban J connectivity index is 2.03. The van der Waals surface area contributed by atoms with Gasteiger partial charge < -0.3 is 10.2 Å². The van der Waals surface area contributed by atoms with Crippen LogP contribution >= 0.6 is 0 Å². The number of anilines is 1. The summed E-state index contributed by atoms with van der Waals surface area (Å²) in [6.45, 7) is 6.62. The van der Waals surface area contributed by atoms with Gasteiger partial charge in [0.1, 0.15) is 11.8 Å². The highest BCUT2D eigenvalue weighted by Gasteiger charge is 2.17. The summed E-state index contributed by atoms with van der Waals surface area (Å²) in [5.74, 6) is 0.767. The molecule has 1 aliphatic heterocycles. The fourth-order valence-electron chi connectivity index (χ4n) is 2.61. The molecule has 0 amide bonds. The monoisotopic (exact) mass is 258 g/mol. The molecule has 2 rings (SSSR count). The molecule has 0 aromatic carbocycles. The molecule has 1 fully saturated rings. The first-order valence-electron chi connectivity index (χ1n) is 7.15. The highest BCUT2D eigenvalue weighted by molar-refractivity contribution is 5.45. The molecule has 102 valence electrons. The molecule has 19 heavy (non-hydrogen) atoms. The van der Waals surface area contributed by atoms with Crippen LogP contribution in [-0.4, -0.2) is 31.2 Å². The Hall–Kier alpha value is -1.60. The van der Waals surface area contributed by atoms with Crippen molar-refractivity contribution in [3.8, 4) is 6.07 Å². The molecule has 0 unspecified atom stereocenters. The topological polar surface area (TPSA) is 52.0 Å². The van der Waals surface area contributed by atoms with E-state index in [1.807, 2.05) is 12.3 Å². The lowest BCUT2D eigenvalue weighted by Gasteiger charge is -2.31. The van der Waals surface area contributed by atoms with Crippen molar-refractivity contribution in [1.82, 2.24) is 10.3 Å². The number of piperidine rings is 1. The summed E-state index contributed by atoms with van der Waals surface area (Å²) >= 11 is 0. The minimum atomic E-state index is 0.488. The first-order valence-corrected chi connectivity index (χ1v) is 7.15. The molecule has 4 heteroatoms. The SMILES string of the molecule is CCCN(CC1CCNCC1)c1ccc(C#N)nc1. The van der Waals surface area contributed by atoms with Crippen LogP contribution in [0.5, 0.6) is 0 Å². The van der Waals surface area contributed by atoms with E-state index in [1.165, 1.54) is 12.8 Å². The van der Waals surface area contributed by atoms with Crippen molar-refractivity contribution < 1.29 is 0 Å². The van der Waals surface area contributed by atoms with Gasteiger partial charge in [-0.2, -0.15) is 5.26 Å². The Morgan fingerprint density at radius 2 is 2.21 bits per heavy atom. The van der Waals surface area contributed by atoms with Gasteiger partial charge in [-0.1, -0.05) is 6.92 Å². The standard InChI is InChI=1S/C15H22N4/c1-2-9-19(12-13-5-7-17-8-6-13)15-4-3-14(10-16)18-11-15/h3-4,11,13,17H,2,5-9,12H2,1H3. The van der Waals surface area contributed by atoms with E-state index in [4.69, 9.17) is 5.26 Å². The lowest BCUT2D eigenvalue weighted by atomic mass is 9.97. The van der Waals surface area contributed by atoms with Crippen LogP contribution in [0.1, 0.15) is 31.9 Å². The van der Waals surface area contributed by atoms with Crippen LogP contribution in [0.15, 0.2) is 18.3 Å². The maximum Gasteiger partial charge on any atom is 0.140 e. The molecular formula is C15H22N4. The van der Waals surface area contributed by atoms with Crippen LogP contribution in [0.3, 0.4) is 0 Å². The van der Waals surface area contributed by atoms with Crippen molar-refractivity contribution in [3.05, 3.63) is 24.0 Å². The Morgan fingerprint density at radius 1 is 1.42 bits per heavy atom. The molecule has 1 N–H and O–H groups in total. The highest BCUT2D eigenvalue weighted by atomic mass is 15.1. The Kier molecular flexibility index (Phi) is 5.17. The van der Waals surface area contributed by atoms with Crippen LogP contribution in [-0.2, 0) is 0 Å². The van der Waals surface area contributed by atoms with Gasteiger partial charge in [0, 0.05) is 13.1 Å². The van der Waals surface area contributed by atoms with Gasteiger partial charge in [-0.25, -0.2) is 4.98 Å². The van der Waals surface area contributed by atoms with Crippen LogP contribution < -0.4 is 10.2 Å². The fraction of sp³-hybridized carbons (Fsp3) is 0.600. The van der Waals surface area contributed by atoms with Gasteiger partial charge in [-0.15, -0.1) is 0 Å². The molecule has 4 nitrogen and oxygen atoms in total. The number of nitriles is 1. The van der Waals surface area contributed by atoms with Gasteiger partial charge in [0.15, 0.2) is 0 Å². The second-order valence-corrected chi connectivity index (χ2v) is 5.15. The van der Waals surface area contributed by atoms with Crippen molar-refractivity contribution >= 4 is 5.69 Å². The van der Waals surface area contributed by atoms with Crippen LogP contribution in [0, 0.1) is 17.2 Å². The highest BCUT2D eigenvalue weighted by Crippen LogP contribution is 2.19. The van der Waals surface area contributed by atoms with E-state index in [2.05, 4.69) is 28.2 Å². The van der Waals surface area contributed by atoms with Gasteiger partial charge >= 0.3 is 0 Å². The van der Waals surface area contributed by atoms with Crippen LogP contribution in [0.4, 0.5) is 5.69 Å². The number of hydrogen-bond acceptors (Lipinski definition) is 4. The van der Waals surface area contributed by atoms with Crippen LogP contribution in [0.25, 0.3) is 0 Å². The third-order valence-electron chi connectivity index (χ3n) is 3.66. The van der Waals surface area contributed by atoms with Crippen molar-refractivity contribution in [1.29, 1.82) is 5.26 Å². The zero-order chi connectivity index (χ0) is 13.5. The fourth-order valence-corrected chi connectivity index (χ4v) is 2.61. The van der Waals surface area contributed by atoms with E-state index < -0.39 is 0 Å². The second-order valence-electron chi connectivity index (χ2n) is 5.15. The van der Waals surface area contributed by atoms with Gasteiger partial charge in [0.2, 0.25) is 0 Å². The molecule has 0 radical (unpaired) electrons. The molecule has 0 atom stereocenters. The number of aromatic nitrogens is 1. The summed E-state index contributed by atoms with van der Waals surface area (Å²) in [6, 6.07) is 5.89. The molecule has 2 heterocycles. The Bertz CT molecular complexity index is 415. The zero-order valence-electron chi connectivity index (χ0n) is 11.6. The van der Waals surface area contributed by atoms with E-state index in [1.54, 1.807) is 6.07 Å². The summed E-state index contributed by atoms with van der Waals surface area (Å²) in [5.41, 5.74) is 1.63. The summed E-state index contributed by atoms with van der Waals surface area (Å²) in [5, 5.41) is 12.2. The van der Waals surface area contributed by atoms with E-state index >= 15 is 0 Å². The molecule has 1 aliphatic rings. The summed E-state index contributed by atoms with van der Waals surface area (Å²) in [6.07, 6.45) is 5.47. The maximum atomic E-state index is 8.80. The van der Waals surface area contributed by atoms with Gasteiger partial charge in [-0.3, -0.25) is 0 Å². The second kappa shape index (κ2) is 7.10. The van der Waals surface area contributed by atoms with Crippen LogP contribution in [0.2, 0.25) is 0 Å². The van der Waals surface area contributed by atoms with Crippen molar-refractivity contribution in [2.24, 2.45) is 5.92 Å². The average molecular weight is 258 g/mol. The van der Waals surface area contributed by atoms with Crippen molar-refractivity contribution in [2.75, 3.05) is 31.1 Å². The van der Waals surface area contributed by atoms with E-state index in [-0.39, 0.29) is 0 Å². The molecule has 0 spiro atoms.